The lowest BCUT2D eigenvalue weighted by Crippen LogP contribution is -2.21. The third-order valence-electron chi connectivity index (χ3n) is 2.89. The molecule has 4 heteroatoms. The van der Waals surface area contributed by atoms with Gasteiger partial charge in [0.2, 0.25) is 0 Å². The molecule has 0 amide bonds. The van der Waals surface area contributed by atoms with E-state index in [-0.39, 0.29) is 25.1 Å². The maximum absolute atomic E-state index is 8.83. The number of nitrogens with two attached hydrogens (primary N) is 1. The zero-order valence-electron chi connectivity index (χ0n) is 10.6. The molecule has 3 nitrogen and oxygen atoms in total. The highest BCUT2D eigenvalue weighted by Crippen LogP contribution is 2.19. The Labute approximate surface area is 110 Å². The predicted octanol–water partition coefficient (Wildman–Crippen LogP) is 2.34. The summed E-state index contributed by atoms with van der Waals surface area (Å²) < 4.78 is 0. The van der Waals surface area contributed by atoms with Crippen molar-refractivity contribution < 1.29 is 5.11 Å². The molecular weight excluding hydrogens is 236 g/mol. The molecule has 0 bridgehead atoms. The zero-order chi connectivity index (χ0) is 12.0. The summed E-state index contributed by atoms with van der Waals surface area (Å²) in [4.78, 5) is 2.29. The van der Waals surface area contributed by atoms with Gasteiger partial charge in [-0.2, -0.15) is 0 Å². The van der Waals surface area contributed by atoms with Gasteiger partial charge in [0.25, 0.3) is 0 Å². The van der Waals surface area contributed by atoms with Crippen molar-refractivity contribution in [1.29, 1.82) is 0 Å². The summed E-state index contributed by atoms with van der Waals surface area (Å²) in [5.74, 6) is 0. The van der Waals surface area contributed by atoms with E-state index in [4.69, 9.17) is 10.8 Å². The summed E-state index contributed by atoms with van der Waals surface area (Å²) in [6.45, 7) is 6.46. The molecule has 0 aliphatic rings. The molecule has 0 unspecified atom stereocenters. The molecular formula is C13H23ClN2O. The average molecular weight is 259 g/mol. The number of anilines is 1. The van der Waals surface area contributed by atoms with E-state index in [0.717, 1.165) is 18.7 Å². The Morgan fingerprint density at radius 1 is 1.18 bits per heavy atom. The Bertz CT molecular complexity index is 299. The van der Waals surface area contributed by atoms with Crippen LogP contribution in [0.25, 0.3) is 0 Å². The first-order chi connectivity index (χ1) is 7.72. The fraction of sp³-hybridized carbons (Fsp3) is 0.538. The zero-order valence-corrected chi connectivity index (χ0v) is 11.4. The Hall–Kier alpha value is -0.770. The van der Waals surface area contributed by atoms with E-state index in [2.05, 4.69) is 30.9 Å². The number of hydrogen-bond acceptors (Lipinski definition) is 3. The van der Waals surface area contributed by atoms with Gasteiger partial charge >= 0.3 is 0 Å². The Balaban J connectivity index is 0.00000256. The normalized spacial score (nSPS) is 11.8. The minimum absolute atomic E-state index is 0. The molecule has 0 saturated heterocycles. The number of aliphatic hydroxyl groups excluding tert-OH is 1. The van der Waals surface area contributed by atoms with Gasteiger partial charge in [-0.05, 0) is 38.0 Å². The van der Waals surface area contributed by atoms with Gasteiger partial charge in [-0.3, -0.25) is 0 Å². The van der Waals surface area contributed by atoms with E-state index in [1.165, 1.54) is 5.69 Å². The third kappa shape index (κ3) is 4.54. The highest BCUT2D eigenvalue weighted by molar-refractivity contribution is 5.85. The number of hydrogen-bond donors (Lipinski definition) is 2. The predicted molar refractivity (Wildman–Crippen MR) is 75.9 cm³/mol. The first kappa shape index (κ1) is 16.2. The largest absolute Gasteiger partial charge is 0.396 e. The van der Waals surface area contributed by atoms with Gasteiger partial charge < -0.3 is 15.7 Å². The van der Waals surface area contributed by atoms with Crippen LogP contribution in [0.4, 0.5) is 5.69 Å². The van der Waals surface area contributed by atoms with Crippen molar-refractivity contribution in [2.45, 2.75) is 26.3 Å². The van der Waals surface area contributed by atoms with E-state index in [0.29, 0.717) is 6.42 Å². The summed E-state index contributed by atoms with van der Waals surface area (Å²) in [5, 5.41) is 8.83. The van der Waals surface area contributed by atoms with Gasteiger partial charge in [0.05, 0.1) is 0 Å². The quantitative estimate of drug-likeness (QED) is 0.824. The Morgan fingerprint density at radius 2 is 1.71 bits per heavy atom. The van der Waals surface area contributed by atoms with E-state index in [9.17, 15) is 0 Å². The molecule has 0 aromatic heterocycles. The van der Waals surface area contributed by atoms with Gasteiger partial charge in [-0.25, -0.2) is 0 Å². The Morgan fingerprint density at radius 3 is 2.12 bits per heavy atom. The van der Waals surface area contributed by atoms with Gasteiger partial charge in [0.1, 0.15) is 0 Å². The van der Waals surface area contributed by atoms with Crippen molar-refractivity contribution in [3.8, 4) is 0 Å². The minimum Gasteiger partial charge on any atom is -0.396 e. The molecule has 0 aliphatic heterocycles. The van der Waals surface area contributed by atoms with E-state index < -0.39 is 0 Å². The Kier molecular flexibility index (Phi) is 7.96. The lowest BCUT2D eigenvalue weighted by Gasteiger charge is -2.21. The molecule has 1 rings (SSSR count). The molecule has 1 aromatic rings. The smallest absolute Gasteiger partial charge is 0.0449 e. The van der Waals surface area contributed by atoms with Gasteiger partial charge in [-0.15, -0.1) is 12.4 Å². The summed E-state index contributed by atoms with van der Waals surface area (Å²) in [6.07, 6.45) is 0.616. The topological polar surface area (TPSA) is 49.5 Å². The second-order valence-electron chi connectivity index (χ2n) is 3.88. The molecule has 98 valence electrons. The lowest BCUT2D eigenvalue weighted by atomic mass is 10.0. The molecule has 0 radical (unpaired) electrons. The van der Waals surface area contributed by atoms with Crippen LogP contribution in [0.15, 0.2) is 24.3 Å². The number of halogens is 1. The first-order valence-corrected chi connectivity index (χ1v) is 5.94. The standard InChI is InChI=1S/C13H22N2O.ClH/c1-3-15(4-2)12-7-5-11(6-8-12)13(14)9-10-16;/h5-8,13,16H,3-4,9-10,14H2,1-2H3;1H/t13-;/m1./s1. The molecule has 3 N–H and O–H groups in total. The molecule has 0 heterocycles. The number of rotatable bonds is 6. The molecule has 1 atom stereocenters. The van der Waals surface area contributed by atoms with Crippen LogP contribution in [-0.4, -0.2) is 24.8 Å². The van der Waals surface area contributed by atoms with Crippen LogP contribution in [0.5, 0.6) is 0 Å². The van der Waals surface area contributed by atoms with Gasteiger partial charge in [0, 0.05) is 31.4 Å². The molecule has 0 fully saturated rings. The molecule has 0 spiro atoms. The van der Waals surface area contributed by atoms with Crippen molar-refractivity contribution in [3.63, 3.8) is 0 Å². The van der Waals surface area contributed by atoms with Crippen molar-refractivity contribution >= 4 is 18.1 Å². The van der Waals surface area contributed by atoms with Crippen LogP contribution >= 0.6 is 12.4 Å². The SMILES string of the molecule is CCN(CC)c1ccc([C@H](N)CCO)cc1.Cl. The van der Waals surface area contributed by atoms with Crippen LogP contribution in [0, 0.1) is 0 Å². The minimum atomic E-state index is -0.0595. The third-order valence-corrected chi connectivity index (χ3v) is 2.89. The number of benzene rings is 1. The van der Waals surface area contributed by atoms with Crippen LogP contribution in [0.1, 0.15) is 31.9 Å². The first-order valence-electron chi connectivity index (χ1n) is 5.94. The number of nitrogens with zero attached hydrogens (tertiary/aromatic N) is 1. The van der Waals surface area contributed by atoms with E-state index in [1.54, 1.807) is 0 Å². The second kappa shape index (κ2) is 8.34. The molecule has 1 aromatic carbocycles. The van der Waals surface area contributed by atoms with E-state index in [1.807, 2.05) is 12.1 Å². The van der Waals surface area contributed by atoms with Gasteiger partial charge in [0.15, 0.2) is 0 Å². The van der Waals surface area contributed by atoms with Crippen LogP contribution in [0.2, 0.25) is 0 Å². The monoisotopic (exact) mass is 258 g/mol. The maximum Gasteiger partial charge on any atom is 0.0449 e. The summed E-state index contributed by atoms with van der Waals surface area (Å²) >= 11 is 0. The lowest BCUT2D eigenvalue weighted by molar-refractivity contribution is 0.276. The molecule has 17 heavy (non-hydrogen) atoms. The highest BCUT2D eigenvalue weighted by atomic mass is 35.5. The van der Waals surface area contributed by atoms with Crippen molar-refractivity contribution in [3.05, 3.63) is 29.8 Å². The summed E-state index contributed by atoms with van der Waals surface area (Å²) in [5.41, 5.74) is 8.24. The maximum atomic E-state index is 8.83. The van der Waals surface area contributed by atoms with Crippen molar-refractivity contribution in [1.82, 2.24) is 0 Å². The van der Waals surface area contributed by atoms with Gasteiger partial charge in [-0.1, -0.05) is 12.1 Å². The van der Waals surface area contributed by atoms with Crippen LogP contribution in [-0.2, 0) is 0 Å². The fourth-order valence-corrected chi connectivity index (χ4v) is 1.83. The van der Waals surface area contributed by atoms with Crippen molar-refractivity contribution in [2.75, 3.05) is 24.6 Å². The fourth-order valence-electron chi connectivity index (χ4n) is 1.83. The second-order valence-corrected chi connectivity index (χ2v) is 3.88. The highest BCUT2D eigenvalue weighted by Gasteiger charge is 2.06. The molecule has 0 saturated carbocycles. The molecule has 0 aliphatic carbocycles. The average Bonchev–Trinajstić information content (AvgIpc) is 2.32. The summed E-state index contributed by atoms with van der Waals surface area (Å²) in [6, 6.07) is 8.23. The van der Waals surface area contributed by atoms with Crippen LogP contribution in [0.3, 0.4) is 0 Å². The number of aliphatic hydroxyl groups is 1. The van der Waals surface area contributed by atoms with E-state index >= 15 is 0 Å². The summed E-state index contributed by atoms with van der Waals surface area (Å²) in [7, 11) is 0. The van der Waals surface area contributed by atoms with Crippen molar-refractivity contribution in [2.24, 2.45) is 5.73 Å². The van der Waals surface area contributed by atoms with Crippen LogP contribution < -0.4 is 10.6 Å².